The molecule has 1 atom stereocenters. The number of nitrogens with zero attached hydrogens (tertiary/aromatic N) is 1. The lowest BCUT2D eigenvalue weighted by atomic mass is 10.3. The minimum Gasteiger partial charge on any atom is -0.329 e. The van der Waals surface area contributed by atoms with Gasteiger partial charge < -0.3 is 9.22 Å². The minimum atomic E-state index is 0.254. The van der Waals surface area contributed by atoms with E-state index in [1.54, 1.807) is 0 Å². The molecular formula is C12H26NO+. The normalized spacial score (nSPS) is 14.0. The van der Waals surface area contributed by atoms with Gasteiger partial charge in [-0.3, -0.25) is 0 Å². The molecule has 0 rings (SSSR count). The molecular weight excluding hydrogens is 174 g/mol. The fraction of sp³-hybridized carbons (Fsp3) is 0.833. The zero-order valence-electron chi connectivity index (χ0n) is 10.3. The number of unbranched alkanes of at least 4 members (excludes halogenated alkanes) is 2. The van der Waals surface area contributed by atoms with Crippen LogP contribution in [-0.2, 0) is 4.74 Å². The van der Waals surface area contributed by atoms with Crippen LogP contribution < -0.4 is 0 Å². The molecule has 0 amide bonds. The summed E-state index contributed by atoms with van der Waals surface area (Å²) in [6, 6.07) is 0. The van der Waals surface area contributed by atoms with Gasteiger partial charge in [0.25, 0.3) is 0 Å². The number of likely N-dealkylation sites (N-methyl/N-ethyl adjacent to an activating group) is 1. The summed E-state index contributed by atoms with van der Waals surface area (Å²) in [4.78, 5) is 0. The number of ether oxygens (including phenoxy) is 1. The van der Waals surface area contributed by atoms with E-state index in [1.807, 2.05) is 6.08 Å². The summed E-state index contributed by atoms with van der Waals surface area (Å²) in [6.45, 7) is 9.95. The maximum absolute atomic E-state index is 5.79. The molecule has 0 bridgehead atoms. The van der Waals surface area contributed by atoms with E-state index in [1.165, 1.54) is 19.3 Å². The Morgan fingerprint density at radius 3 is 2.50 bits per heavy atom. The summed E-state index contributed by atoms with van der Waals surface area (Å²) in [5.74, 6) is 0. The molecule has 1 unspecified atom stereocenters. The first kappa shape index (κ1) is 13.7. The van der Waals surface area contributed by atoms with Crippen molar-refractivity contribution in [2.45, 2.75) is 39.3 Å². The zero-order chi connectivity index (χ0) is 11.0. The summed E-state index contributed by atoms with van der Waals surface area (Å²) >= 11 is 0. The third kappa shape index (κ3) is 5.40. The largest absolute Gasteiger partial charge is 0.329 e. The SMILES string of the molecule is C=CC[N+](C)(C)C(C)OCCCCC. The molecule has 84 valence electrons. The van der Waals surface area contributed by atoms with Crippen molar-refractivity contribution in [2.75, 3.05) is 27.2 Å². The Hall–Kier alpha value is -0.340. The van der Waals surface area contributed by atoms with Crippen molar-refractivity contribution in [3.05, 3.63) is 12.7 Å². The molecule has 0 N–H and O–H groups in total. The molecule has 2 nitrogen and oxygen atoms in total. The maximum atomic E-state index is 5.79. The third-order valence-corrected chi connectivity index (χ3v) is 2.69. The van der Waals surface area contributed by atoms with Gasteiger partial charge in [-0.25, -0.2) is 0 Å². The smallest absolute Gasteiger partial charge is 0.190 e. The first-order valence-electron chi connectivity index (χ1n) is 5.59. The predicted molar refractivity (Wildman–Crippen MR) is 62.1 cm³/mol. The average molecular weight is 200 g/mol. The molecule has 2 heteroatoms. The first-order chi connectivity index (χ1) is 6.54. The van der Waals surface area contributed by atoms with Crippen LogP contribution >= 0.6 is 0 Å². The van der Waals surface area contributed by atoms with Crippen molar-refractivity contribution in [3.8, 4) is 0 Å². The molecule has 14 heavy (non-hydrogen) atoms. The molecule has 0 aliphatic rings. The Morgan fingerprint density at radius 1 is 1.36 bits per heavy atom. The second kappa shape index (κ2) is 7.02. The van der Waals surface area contributed by atoms with Crippen LogP contribution in [0.3, 0.4) is 0 Å². The van der Waals surface area contributed by atoms with E-state index in [0.29, 0.717) is 0 Å². The molecule has 0 aliphatic carbocycles. The van der Waals surface area contributed by atoms with Crippen molar-refractivity contribution >= 4 is 0 Å². The average Bonchev–Trinajstić information content (AvgIpc) is 2.12. The maximum Gasteiger partial charge on any atom is 0.190 e. The van der Waals surface area contributed by atoms with Gasteiger partial charge in [0, 0.05) is 6.92 Å². The standard InChI is InChI=1S/C12H26NO/c1-6-8-9-11-14-12(3)13(4,5)10-7-2/h7,12H,2,6,8-11H2,1,3-5H3/q+1. The molecule has 0 aromatic rings. The van der Waals surface area contributed by atoms with E-state index in [0.717, 1.165) is 17.6 Å². The summed E-state index contributed by atoms with van der Waals surface area (Å²) in [7, 11) is 4.35. The Bertz CT molecular complexity index is 154. The van der Waals surface area contributed by atoms with E-state index >= 15 is 0 Å². The number of hydrogen-bond acceptors (Lipinski definition) is 1. The van der Waals surface area contributed by atoms with Crippen molar-refractivity contribution in [3.63, 3.8) is 0 Å². The van der Waals surface area contributed by atoms with Crippen LogP contribution in [0.5, 0.6) is 0 Å². The van der Waals surface area contributed by atoms with Crippen LogP contribution in [0.2, 0.25) is 0 Å². The molecule has 0 aliphatic heterocycles. The molecule has 0 radical (unpaired) electrons. The fourth-order valence-electron chi connectivity index (χ4n) is 1.29. The summed E-state index contributed by atoms with van der Waals surface area (Å²) < 4.78 is 6.64. The molecule has 0 spiro atoms. The van der Waals surface area contributed by atoms with E-state index < -0.39 is 0 Å². The minimum absolute atomic E-state index is 0.254. The highest BCUT2D eigenvalue weighted by molar-refractivity contribution is 4.64. The van der Waals surface area contributed by atoms with Crippen LogP contribution in [0.1, 0.15) is 33.1 Å². The Labute approximate surface area is 89.1 Å². The van der Waals surface area contributed by atoms with Crippen molar-refractivity contribution < 1.29 is 9.22 Å². The molecule has 0 fully saturated rings. The molecule has 0 heterocycles. The lowest BCUT2D eigenvalue weighted by molar-refractivity contribution is -0.930. The van der Waals surface area contributed by atoms with Gasteiger partial charge in [0.2, 0.25) is 0 Å². The Balaban J connectivity index is 3.70. The first-order valence-corrected chi connectivity index (χ1v) is 5.59. The third-order valence-electron chi connectivity index (χ3n) is 2.69. The fourth-order valence-corrected chi connectivity index (χ4v) is 1.29. The number of quaternary nitrogens is 1. The Morgan fingerprint density at radius 2 is 2.00 bits per heavy atom. The van der Waals surface area contributed by atoms with Gasteiger partial charge in [-0.1, -0.05) is 26.3 Å². The van der Waals surface area contributed by atoms with E-state index in [-0.39, 0.29) is 6.23 Å². The lowest BCUT2D eigenvalue weighted by Gasteiger charge is -2.34. The summed E-state index contributed by atoms with van der Waals surface area (Å²) in [5.41, 5.74) is 0. The van der Waals surface area contributed by atoms with Crippen LogP contribution in [0, 0.1) is 0 Å². The zero-order valence-corrected chi connectivity index (χ0v) is 10.3. The van der Waals surface area contributed by atoms with Gasteiger partial charge in [-0.05, 0) is 12.5 Å². The molecule has 0 saturated carbocycles. The summed E-state index contributed by atoms with van der Waals surface area (Å²) in [6.07, 6.45) is 5.90. The highest BCUT2D eigenvalue weighted by atomic mass is 16.5. The van der Waals surface area contributed by atoms with Gasteiger partial charge in [-0.2, -0.15) is 0 Å². The van der Waals surface area contributed by atoms with E-state index in [2.05, 4.69) is 34.5 Å². The van der Waals surface area contributed by atoms with E-state index in [4.69, 9.17) is 4.74 Å². The van der Waals surface area contributed by atoms with Gasteiger partial charge in [0.05, 0.1) is 27.2 Å². The number of rotatable bonds is 8. The monoisotopic (exact) mass is 200 g/mol. The Kier molecular flexibility index (Phi) is 6.85. The van der Waals surface area contributed by atoms with Gasteiger partial charge >= 0.3 is 0 Å². The second-order valence-corrected chi connectivity index (χ2v) is 4.43. The van der Waals surface area contributed by atoms with Gasteiger partial charge in [0.1, 0.15) is 0 Å². The van der Waals surface area contributed by atoms with Crippen molar-refractivity contribution in [1.82, 2.24) is 0 Å². The highest BCUT2D eigenvalue weighted by Crippen LogP contribution is 2.08. The summed E-state index contributed by atoms with van der Waals surface area (Å²) in [5, 5.41) is 0. The molecule has 0 aromatic carbocycles. The second-order valence-electron chi connectivity index (χ2n) is 4.43. The van der Waals surface area contributed by atoms with Crippen LogP contribution in [0.15, 0.2) is 12.7 Å². The van der Waals surface area contributed by atoms with E-state index in [9.17, 15) is 0 Å². The van der Waals surface area contributed by atoms with Crippen molar-refractivity contribution in [1.29, 1.82) is 0 Å². The van der Waals surface area contributed by atoms with Crippen molar-refractivity contribution in [2.24, 2.45) is 0 Å². The predicted octanol–water partition coefficient (Wildman–Crippen LogP) is 2.80. The molecule has 0 aromatic heterocycles. The number of hydrogen-bond donors (Lipinski definition) is 0. The molecule has 0 saturated heterocycles. The van der Waals surface area contributed by atoms with Crippen LogP contribution in [0.25, 0.3) is 0 Å². The highest BCUT2D eigenvalue weighted by Gasteiger charge is 2.22. The van der Waals surface area contributed by atoms with Crippen LogP contribution in [-0.4, -0.2) is 38.0 Å². The van der Waals surface area contributed by atoms with Gasteiger partial charge in [-0.15, -0.1) is 0 Å². The topological polar surface area (TPSA) is 9.23 Å². The van der Waals surface area contributed by atoms with Gasteiger partial charge in [0.15, 0.2) is 6.23 Å². The quantitative estimate of drug-likeness (QED) is 0.253. The van der Waals surface area contributed by atoms with Crippen LogP contribution in [0.4, 0.5) is 0 Å². The lowest BCUT2D eigenvalue weighted by Crippen LogP contribution is -2.48.